The molecule has 1 aliphatic heterocycles. The standard InChI is InChI=1S/C14H18N4OS/c19-14(17-6-3-8-20-9-7-17)15-10-12-11-18-5-2-1-4-13(18)16-12/h1-2,4-5,11H,3,6-10H2,(H,15,19). The molecule has 3 heterocycles. The summed E-state index contributed by atoms with van der Waals surface area (Å²) in [4.78, 5) is 18.5. The Morgan fingerprint density at radius 1 is 1.35 bits per heavy atom. The molecule has 1 N–H and O–H groups in total. The van der Waals surface area contributed by atoms with E-state index in [2.05, 4.69) is 10.3 Å². The van der Waals surface area contributed by atoms with Gasteiger partial charge in [-0.15, -0.1) is 0 Å². The van der Waals surface area contributed by atoms with Crippen molar-refractivity contribution < 1.29 is 4.79 Å². The van der Waals surface area contributed by atoms with Crippen LogP contribution in [0.25, 0.3) is 5.65 Å². The third-order valence-electron chi connectivity index (χ3n) is 3.34. The molecule has 0 spiro atoms. The van der Waals surface area contributed by atoms with Gasteiger partial charge in [0, 0.05) is 31.2 Å². The normalized spacial score (nSPS) is 16.1. The van der Waals surface area contributed by atoms with Gasteiger partial charge in [-0.1, -0.05) is 6.07 Å². The fourth-order valence-electron chi connectivity index (χ4n) is 2.30. The largest absolute Gasteiger partial charge is 0.332 e. The number of urea groups is 1. The minimum absolute atomic E-state index is 0.0181. The van der Waals surface area contributed by atoms with Crippen molar-refractivity contribution in [3.8, 4) is 0 Å². The second-order valence-corrected chi connectivity index (χ2v) is 6.03. The number of pyridine rings is 1. The molecule has 1 aliphatic rings. The topological polar surface area (TPSA) is 49.6 Å². The first kappa shape index (κ1) is 13.3. The van der Waals surface area contributed by atoms with Gasteiger partial charge in [0.05, 0.1) is 12.2 Å². The summed E-state index contributed by atoms with van der Waals surface area (Å²) < 4.78 is 1.96. The predicted molar refractivity (Wildman–Crippen MR) is 80.9 cm³/mol. The molecule has 0 atom stereocenters. The van der Waals surface area contributed by atoms with E-state index in [4.69, 9.17) is 0 Å². The predicted octanol–water partition coefficient (Wildman–Crippen LogP) is 1.98. The number of carbonyl (C=O) groups is 1. The molecule has 0 unspecified atom stereocenters. The van der Waals surface area contributed by atoms with Crippen molar-refractivity contribution in [1.29, 1.82) is 0 Å². The van der Waals surface area contributed by atoms with E-state index in [1.807, 2.05) is 51.7 Å². The van der Waals surface area contributed by atoms with Crippen LogP contribution in [0.2, 0.25) is 0 Å². The van der Waals surface area contributed by atoms with Gasteiger partial charge in [-0.3, -0.25) is 0 Å². The molecule has 0 saturated carbocycles. The summed E-state index contributed by atoms with van der Waals surface area (Å²) in [5.74, 6) is 2.18. The minimum atomic E-state index is 0.0181. The van der Waals surface area contributed by atoms with Crippen molar-refractivity contribution in [3.63, 3.8) is 0 Å². The maximum atomic E-state index is 12.1. The van der Waals surface area contributed by atoms with Crippen molar-refractivity contribution in [2.75, 3.05) is 24.6 Å². The molecule has 0 aliphatic carbocycles. The van der Waals surface area contributed by atoms with Crippen LogP contribution in [0.1, 0.15) is 12.1 Å². The third-order valence-corrected chi connectivity index (χ3v) is 4.39. The van der Waals surface area contributed by atoms with Crippen LogP contribution >= 0.6 is 11.8 Å². The Morgan fingerprint density at radius 3 is 3.20 bits per heavy atom. The maximum Gasteiger partial charge on any atom is 0.317 e. The maximum absolute atomic E-state index is 12.1. The number of imidazole rings is 1. The minimum Gasteiger partial charge on any atom is -0.332 e. The Kier molecular flexibility index (Phi) is 4.11. The van der Waals surface area contributed by atoms with Gasteiger partial charge in [-0.05, 0) is 24.3 Å². The lowest BCUT2D eigenvalue weighted by Crippen LogP contribution is -2.40. The van der Waals surface area contributed by atoms with Crippen LogP contribution < -0.4 is 5.32 Å². The molecule has 5 nitrogen and oxygen atoms in total. The van der Waals surface area contributed by atoms with Gasteiger partial charge >= 0.3 is 6.03 Å². The Morgan fingerprint density at radius 2 is 2.30 bits per heavy atom. The van der Waals surface area contributed by atoms with Gasteiger partial charge in [0.25, 0.3) is 0 Å². The quantitative estimate of drug-likeness (QED) is 0.920. The van der Waals surface area contributed by atoms with Crippen LogP contribution in [-0.4, -0.2) is 44.9 Å². The Bertz CT molecular complexity index is 557. The van der Waals surface area contributed by atoms with Crippen molar-refractivity contribution in [2.24, 2.45) is 0 Å². The third kappa shape index (κ3) is 3.07. The molecule has 0 aromatic carbocycles. The highest BCUT2D eigenvalue weighted by molar-refractivity contribution is 7.99. The summed E-state index contributed by atoms with van der Waals surface area (Å²) in [5.41, 5.74) is 1.79. The smallest absolute Gasteiger partial charge is 0.317 e. The zero-order valence-electron chi connectivity index (χ0n) is 11.3. The van der Waals surface area contributed by atoms with E-state index >= 15 is 0 Å². The van der Waals surface area contributed by atoms with Crippen LogP contribution in [-0.2, 0) is 6.54 Å². The van der Waals surface area contributed by atoms with Gasteiger partial charge in [0.15, 0.2) is 0 Å². The second-order valence-electron chi connectivity index (χ2n) is 4.81. The lowest BCUT2D eigenvalue weighted by molar-refractivity contribution is 0.201. The molecule has 106 valence electrons. The fraction of sp³-hybridized carbons (Fsp3) is 0.429. The molecule has 6 heteroatoms. The van der Waals surface area contributed by atoms with E-state index in [1.54, 1.807) is 0 Å². The summed E-state index contributed by atoms with van der Waals surface area (Å²) in [7, 11) is 0. The van der Waals surface area contributed by atoms with E-state index in [-0.39, 0.29) is 6.03 Å². The first-order valence-corrected chi connectivity index (χ1v) is 8.01. The fourth-order valence-corrected chi connectivity index (χ4v) is 3.19. The number of carbonyl (C=O) groups excluding carboxylic acids is 1. The van der Waals surface area contributed by atoms with Crippen molar-refractivity contribution in [2.45, 2.75) is 13.0 Å². The molecule has 2 aromatic rings. The van der Waals surface area contributed by atoms with Crippen LogP contribution in [0.5, 0.6) is 0 Å². The summed E-state index contributed by atoms with van der Waals surface area (Å²) in [6.45, 7) is 2.16. The van der Waals surface area contributed by atoms with E-state index < -0.39 is 0 Å². The molecular weight excluding hydrogens is 272 g/mol. The first-order valence-electron chi connectivity index (χ1n) is 6.86. The van der Waals surface area contributed by atoms with Crippen LogP contribution in [0.4, 0.5) is 4.79 Å². The van der Waals surface area contributed by atoms with Gasteiger partial charge in [-0.25, -0.2) is 9.78 Å². The van der Waals surface area contributed by atoms with Crippen molar-refractivity contribution in [3.05, 3.63) is 36.3 Å². The lowest BCUT2D eigenvalue weighted by atomic mass is 10.4. The first-order chi connectivity index (χ1) is 9.83. The van der Waals surface area contributed by atoms with Gasteiger partial charge in [0.1, 0.15) is 5.65 Å². The van der Waals surface area contributed by atoms with E-state index in [0.717, 1.165) is 42.4 Å². The lowest BCUT2D eigenvalue weighted by Gasteiger charge is -2.20. The average Bonchev–Trinajstić information content (AvgIpc) is 2.69. The second kappa shape index (κ2) is 6.17. The summed E-state index contributed by atoms with van der Waals surface area (Å²) >= 11 is 1.92. The Hall–Kier alpha value is -1.69. The molecule has 3 rings (SSSR count). The molecule has 20 heavy (non-hydrogen) atoms. The van der Waals surface area contributed by atoms with E-state index in [9.17, 15) is 4.79 Å². The van der Waals surface area contributed by atoms with Gasteiger partial charge in [-0.2, -0.15) is 11.8 Å². The van der Waals surface area contributed by atoms with Crippen LogP contribution in [0, 0.1) is 0 Å². The Balaban J connectivity index is 1.59. The van der Waals surface area contributed by atoms with E-state index in [0.29, 0.717) is 6.54 Å². The van der Waals surface area contributed by atoms with Crippen LogP contribution in [0.15, 0.2) is 30.6 Å². The number of fused-ring (bicyclic) bond motifs is 1. The molecule has 2 amide bonds. The molecule has 2 aromatic heterocycles. The molecule has 1 saturated heterocycles. The number of amides is 2. The summed E-state index contributed by atoms with van der Waals surface area (Å²) in [6, 6.07) is 5.90. The van der Waals surface area contributed by atoms with Crippen molar-refractivity contribution in [1.82, 2.24) is 19.6 Å². The SMILES string of the molecule is O=C(NCc1cn2ccccc2n1)N1CCCSCC1. The highest BCUT2D eigenvalue weighted by Gasteiger charge is 2.15. The van der Waals surface area contributed by atoms with Gasteiger partial charge in [0.2, 0.25) is 0 Å². The summed E-state index contributed by atoms with van der Waals surface area (Å²) in [6.07, 6.45) is 4.99. The van der Waals surface area contributed by atoms with Crippen molar-refractivity contribution >= 4 is 23.4 Å². The number of nitrogens with zero attached hydrogens (tertiary/aromatic N) is 3. The Labute approximate surface area is 122 Å². The summed E-state index contributed by atoms with van der Waals surface area (Å²) in [5, 5.41) is 2.96. The number of thioether (sulfide) groups is 1. The monoisotopic (exact) mass is 290 g/mol. The highest BCUT2D eigenvalue weighted by atomic mass is 32.2. The van der Waals surface area contributed by atoms with E-state index in [1.165, 1.54) is 0 Å². The molecule has 0 bridgehead atoms. The zero-order chi connectivity index (χ0) is 13.8. The zero-order valence-corrected chi connectivity index (χ0v) is 12.1. The van der Waals surface area contributed by atoms with Crippen LogP contribution in [0.3, 0.4) is 0 Å². The number of rotatable bonds is 2. The number of nitrogens with one attached hydrogen (secondary N) is 1. The average molecular weight is 290 g/mol. The molecular formula is C14H18N4OS. The number of hydrogen-bond donors (Lipinski definition) is 1. The molecule has 0 radical (unpaired) electrons. The van der Waals surface area contributed by atoms with Gasteiger partial charge < -0.3 is 14.6 Å². The number of hydrogen-bond acceptors (Lipinski definition) is 3. The number of aromatic nitrogens is 2. The highest BCUT2D eigenvalue weighted by Crippen LogP contribution is 2.10. The molecule has 1 fully saturated rings.